The standard InChI is InChI=1S/C16H20N2O2/c19-10-13-3-1-2-4-14(13)18-16(20)12-6-5-11-7-8-17-15(11)9-12/h5-9,13-14,17,19H,1-4,10H2,(H,18,20). The highest BCUT2D eigenvalue weighted by atomic mass is 16.3. The lowest BCUT2D eigenvalue weighted by atomic mass is 9.85. The number of rotatable bonds is 3. The Morgan fingerprint density at radius 1 is 1.30 bits per heavy atom. The molecule has 4 nitrogen and oxygen atoms in total. The van der Waals surface area contributed by atoms with Gasteiger partial charge in [0.25, 0.3) is 5.91 Å². The third-order valence-corrected chi connectivity index (χ3v) is 4.28. The van der Waals surface area contributed by atoms with Crippen molar-refractivity contribution in [2.75, 3.05) is 6.61 Å². The lowest BCUT2D eigenvalue weighted by Gasteiger charge is -2.30. The molecule has 2 aromatic rings. The monoisotopic (exact) mass is 272 g/mol. The topological polar surface area (TPSA) is 65.1 Å². The largest absolute Gasteiger partial charge is 0.396 e. The molecule has 1 aliphatic carbocycles. The maximum absolute atomic E-state index is 12.3. The smallest absolute Gasteiger partial charge is 0.251 e. The summed E-state index contributed by atoms with van der Waals surface area (Å²) in [5, 5.41) is 13.6. The summed E-state index contributed by atoms with van der Waals surface area (Å²) in [5.41, 5.74) is 1.64. The highest BCUT2D eigenvalue weighted by Crippen LogP contribution is 2.24. The van der Waals surface area contributed by atoms with Crippen LogP contribution in [-0.2, 0) is 0 Å². The van der Waals surface area contributed by atoms with Gasteiger partial charge in [-0.3, -0.25) is 4.79 Å². The van der Waals surface area contributed by atoms with Crippen molar-refractivity contribution in [2.45, 2.75) is 31.7 Å². The van der Waals surface area contributed by atoms with Crippen LogP contribution in [0.4, 0.5) is 0 Å². The zero-order valence-electron chi connectivity index (χ0n) is 11.4. The van der Waals surface area contributed by atoms with E-state index in [1.807, 2.05) is 30.5 Å². The van der Waals surface area contributed by atoms with Gasteiger partial charge in [0.1, 0.15) is 0 Å². The lowest BCUT2D eigenvalue weighted by Crippen LogP contribution is -2.43. The second kappa shape index (κ2) is 5.67. The predicted molar refractivity (Wildman–Crippen MR) is 78.6 cm³/mol. The number of carbonyl (C=O) groups excluding carboxylic acids is 1. The number of benzene rings is 1. The summed E-state index contributed by atoms with van der Waals surface area (Å²) in [6, 6.07) is 7.76. The molecular weight excluding hydrogens is 252 g/mol. The van der Waals surface area contributed by atoms with Crippen LogP contribution in [0, 0.1) is 5.92 Å². The van der Waals surface area contributed by atoms with Crippen molar-refractivity contribution in [1.29, 1.82) is 0 Å². The van der Waals surface area contributed by atoms with Crippen molar-refractivity contribution in [3.05, 3.63) is 36.0 Å². The van der Waals surface area contributed by atoms with Crippen molar-refractivity contribution in [2.24, 2.45) is 5.92 Å². The van der Waals surface area contributed by atoms with Crippen LogP contribution in [-0.4, -0.2) is 28.6 Å². The maximum atomic E-state index is 12.3. The second-order valence-corrected chi connectivity index (χ2v) is 5.59. The minimum absolute atomic E-state index is 0.0492. The third-order valence-electron chi connectivity index (χ3n) is 4.28. The van der Waals surface area contributed by atoms with Crippen LogP contribution in [0.5, 0.6) is 0 Å². The normalized spacial score (nSPS) is 22.9. The Balaban J connectivity index is 1.74. The molecule has 1 aromatic heterocycles. The highest BCUT2D eigenvalue weighted by molar-refractivity contribution is 5.98. The molecule has 20 heavy (non-hydrogen) atoms. The van der Waals surface area contributed by atoms with E-state index in [4.69, 9.17) is 0 Å². The molecule has 1 saturated carbocycles. The minimum atomic E-state index is -0.0492. The van der Waals surface area contributed by atoms with E-state index in [0.717, 1.165) is 36.6 Å². The van der Waals surface area contributed by atoms with Crippen molar-refractivity contribution >= 4 is 16.8 Å². The van der Waals surface area contributed by atoms with E-state index in [9.17, 15) is 9.90 Å². The Labute approximate surface area is 118 Å². The molecule has 2 atom stereocenters. The first-order chi connectivity index (χ1) is 9.78. The minimum Gasteiger partial charge on any atom is -0.396 e. The van der Waals surface area contributed by atoms with Crippen LogP contribution in [0.15, 0.2) is 30.5 Å². The van der Waals surface area contributed by atoms with E-state index in [1.165, 1.54) is 0 Å². The van der Waals surface area contributed by atoms with Gasteiger partial charge in [0.2, 0.25) is 0 Å². The molecule has 1 amide bonds. The van der Waals surface area contributed by atoms with Gasteiger partial charge in [-0.25, -0.2) is 0 Å². The number of nitrogens with one attached hydrogen (secondary N) is 2. The average Bonchev–Trinajstić information content (AvgIpc) is 2.95. The van der Waals surface area contributed by atoms with Gasteiger partial charge in [-0.15, -0.1) is 0 Å². The first kappa shape index (κ1) is 13.2. The van der Waals surface area contributed by atoms with E-state index in [2.05, 4.69) is 10.3 Å². The first-order valence-electron chi connectivity index (χ1n) is 7.27. The van der Waals surface area contributed by atoms with Crippen molar-refractivity contribution in [3.63, 3.8) is 0 Å². The molecule has 0 bridgehead atoms. The number of H-pyrrole nitrogens is 1. The summed E-state index contributed by atoms with van der Waals surface area (Å²) in [7, 11) is 0. The zero-order chi connectivity index (χ0) is 13.9. The van der Waals surface area contributed by atoms with E-state index in [-0.39, 0.29) is 24.5 Å². The zero-order valence-corrected chi connectivity index (χ0v) is 11.4. The van der Waals surface area contributed by atoms with Crippen LogP contribution in [0.2, 0.25) is 0 Å². The molecule has 0 spiro atoms. The van der Waals surface area contributed by atoms with E-state index in [0.29, 0.717) is 5.56 Å². The van der Waals surface area contributed by atoms with E-state index >= 15 is 0 Å². The maximum Gasteiger partial charge on any atom is 0.251 e. The summed E-state index contributed by atoms with van der Waals surface area (Å²) in [5.74, 6) is 0.147. The van der Waals surface area contributed by atoms with Gasteiger partial charge in [-0.2, -0.15) is 0 Å². The number of aliphatic hydroxyl groups excluding tert-OH is 1. The van der Waals surface area contributed by atoms with E-state index < -0.39 is 0 Å². The summed E-state index contributed by atoms with van der Waals surface area (Å²) in [6.07, 6.45) is 6.09. The first-order valence-corrected chi connectivity index (χ1v) is 7.27. The van der Waals surface area contributed by atoms with Crippen LogP contribution in [0.3, 0.4) is 0 Å². The van der Waals surface area contributed by atoms with Gasteiger partial charge < -0.3 is 15.4 Å². The number of aromatic nitrogens is 1. The van der Waals surface area contributed by atoms with Crippen LogP contribution in [0.25, 0.3) is 10.9 Å². The van der Waals surface area contributed by atoms with Crippen LogP contribution >= 0.6 is 0 Å². The fourth-order valence-corrected chi connectivity index (χ4v) is 3.06. The van der Waals surface area contributed by atoms with Crippen LogP contribution in [0.1, 0.15) is 36.0 Å². The number of aromatic amines is 1. The SMILES string of the molecule is O=C(NC1CCCCC1CO)c1ccc2cc[nH]c2c1. The number of hydrogen-bond acceptors (Lipinski definition) is 2. The van der Waals surface area contributed by atoms with Gasteiger partial charge in [-0.05, 0) is 36.4 Å². The Hall–Kier alpha value is -1.81. The molecule has 3 rings (SSSR count). The molecule has 3 N–H and O–H groups in total. The number of hydrogen-bond donors (Lipinski definition) is 3. The average molecular weight is 272 g/mol. The molecule has 0 radical (unpaired) electrons. The predicted octanol–water partition coefficient (Wildman–Crippen LogP) is 2.45. The number of carbonyl (C=O) groups is 1. The number of fused-ring (bicyclic) bond motifs is 1. The molecule has 0 aliphatic heterocycles. The Bertz CT molecular complexity index is 605. The fourth-order valence-electron chi connectivity index (χ4n) is 3.06. The molecule has 2 unspecified atom stereocenters. The summed E-state index contributed by atoms with van der Waals surface area (Å²) < 4.78 is 0. The molecule has 4 heteroatoms. The molecular formula is C16H20N2O2. The fraction of sp³-hybridized carbons (Fsp3) is 0.438. The molecule has 0 saturated heterocycles. The Morgan fingerprint density at radius 2 is 2.15 bits per heavy atom. The molecule has 1 aromatic carbocycles. The van der Waals surface area contributed by atoms with Crippen molar-refractivity contribution in [1.82, 2.24) is 10.3 Å². The summed E-state index contributed by atoms with van der Waals surface area (Å²) in [4.78, 5) is 15.5. The van der Waals surface area contributed by atoms with Gasteiger partial charge in [0, 0.05) is 35.8 Å². The lowest BCUT2D eigenvalue weighted by molar-refractivity contribution is 0.0872. The molecule has 1 heterocycles. The Kier molecular flexibility index (Phi) is 3.74. The quantitative estimate of drug-likeness (QED) is 0.803. The Morgan fingerprint density at radius 3 is 3.00 bits per heavy atom. The van der Waals surface area contributed by atoms with Crippen molar-refractivity contribution < 1.29 is 9.90 Å². The molecule has 106 valence electrons. The number of aliphatic hydroxyl groups is 1. The molecule has 1 fully saturated rings. The van der Waals surface area contributed by atoms with Crippen molar-refractivity contribution in [3.8, 4) is 0 Å². The van der Waals surface area contributed by atoms with Gasteiger partial charge in [0.15, 0.2) is 0 Å². The second-order valence-electron chi connectivity index (χ2n) is 5.59. The third kappa shape index (κ3) is 2.56. The van der Waals surface area contributed by atoms with E-state index in [1.54, 1.807) is 0 Å². The van der Waals surface area contributed by atoms with Gasteiger partial charge in [0.05, 0.1) is 0 Å². The molecule has 1 aliphatic rings. The summed E-state index contributed by atoms with van der Waals surface area (Å²) >= 11 is 0. The number of amides is 1. The highest BCUT2D eigenvalue weighted by Gasteiger charge is 2.26. The van der Waals surface area contributed by atoms with Gasteiger partial charge >= 0.3 is 0 Å². The summed E-state index contributed by atoms with van der Waals surface area (Å²) in [6.45, 7) is 0.153. The van der Waals surface area contributed by atoms with Crippen LogP contribution < -0.4 is 5.32 Å². The van der Waals surface area contributed by atoms with Gasteiger partial charge in [-0.1, -0.05) is 18.9 Å².